The van der Waals surface area contributed by atoms with E-state index in [1.165, 1.54) is 11.0 Å². The minimum absolute atomic E-state index is 0.0604. The Morgan fingerprint density at radius 3 is 2.50 bits per heavy atom. The highest BCUT2D eigenvalue weighted by Crippen LogP contribution is 2.24. The van der Waals surface area contributed by atoms with Gasteiger partial charge in [0.1, 0.15) is 6.17 Å². The lowest BCUT2D eigenvalue weighted by Gasteiger charge is -2.19. The van der Waals surface area contributed by atoms with Crippen molar-refractivity contribution < 1.29 is 13.6 Å². The SMILES string of the molecule is CC1NC(c2ccc(F)c(F)c2)N(C)C1=O. The molecular formula is C11H12F2N2O. The summed E-state index contributed by atoms with van der Waals surface area (Å²) in [5.74, 6) is -1.85. The van der Waals surface area contributed by atoms with Gasteiger partial charge in [0, 0.05) is 7.05 Å². The predicted molar refractivity (Wildman–Crippen MR) is 54.5 cm³/mol. The average Bonchev–Trinajstić information content (AvgIpc) is 2.50. The van der Waals surface area contributed by atoms with Crippen LogP contribution in [0.25, 0.3) is 0 Å². The maximum Gasteiger partial charge on any atom is 0.240 e. The van der Waals surface area contributed by atoms with E-state index in [0.717, 1.165) is 12.1 Å². The minimum atomic E-state index is -0.903. The minimum Gasteiger partial charge on any atom is -0.325 e. The van der Waals surface area contributed by atoms with Crippen molar-refractivity contribution in [3.63, 3.8) is 0 Å². The summed E-state index contributed by atoms with van der Waals surface area (Å²) in [6, 6.07) is 3.34. The van der Waals surface area contributed by atoms with Crippen molar-refractivity contribution in [1.29, 1.82) is 0 Å². The fourth-order valence-corrected chi connectivity index (χ4v) is 1.85. The van der Waals surface area contributed by atoms with Crippen molar-refractivity contribution in [2.75, 3.05) is 7.05 Å². The van der Waals surface area contributed by atoms with Crippen molar-refractivity contribution in [3.8, 4) is 0 Å². The van der Waals surface area contributed by atoms with Crippen LogP contribution in [0.2, 0.25) is 0 Å². The highest BCUT2D eigenvalue weighted by Gasteiger charge is 2.34. The molecule has 3 nitrogen and oxygen atoms in total. The maximum absolute atomic E-state index is 13.0. The van der Waals surface area contributed by atoms with Crippen LogP contribution in [0.3, 0.4) is 0 Å². The smallest absolute Gasteiger partial charge is 0.240 e. The van der Waals surface area contributed by atoms with Gasteiger partial charge < -0.3 is 4.90 Å². The van der Waals surface area contributed by atoms with Crippen LogP contribution in [0.15, 0.2) is 18.2 Å². The lowest BCUT2D eigenvalue weighted by Crippen LogP contribution is -2.26. The number of halogens is 2. The summed E-state index contributed by atoms with van der Waals surface area (Å²) in [5.41, 5.74) is 0.541. The van der Waals surface area contributed by atoms with E-state index < -0.39 is 17.8 Å². The molecule has 1 saturated heterocycles. The van der Waals surface area contributed by atoms with Crippen LogP contribution < -0.4 is 5.32 Å². The quantitative estimate of drug-likeness (QED) is 0.785. The lowest BCUT2D eigenvalue weighted by atomic mass is 10.1. The van der Waals surface area contributed by atoms with Gasteiger partial charge in [0.2, 0.25) is 5.91 Å². The first-order valence-corrected chi connectivity index (χ1v) is 4.98. The first-order valence-electron chi connectivity index (χ1n) is 4.98. The molecule has 0 spiro atoms. The molecule has 1 aromatic rings. The van der Waals surface area contributed by atoms with E-state index >= 15 is 0 Å². The zero-order valence-corrected chi connectivity index (χ0v) is 9.00. The van der Waals surface area contributed by atoms with E-state index in [0.29, 0.717) is 5.56 Å². The second kappa shape index (κ2) is 3.83. The zero-order valence-electron chi connectivity index (χ0n) is 9.00. The summed E-state index contributed by atoms with van der Waals surface area (Å²) >= 11 is 0. The molecule has 86 valence electrons. The normalized spacial score (nSPS) is 25.2. The topological polar surface area (TPSA) is 32.3 Å². The zero-order chi connectivity index (χ0) is 11.9. The van der Waals surface area contributed by atoms with Gasteiger partial charge in [-0.25, -0.2) is 8.78 Å². The van der Waals surface area contributed by atoms with E-state index in [1.807, 2.05) is 0 Å². The molecule has 1 aliphatic rings. The van der Waals surface area contributed by atoms with Crippen LogP contribution >= 0.6 is 0 Å². The first kappa shape index (κ1) is 11.0. The van der Waals surface area contributed by atoms with Crippen LogP contribution in [0.1, 0.15) is 18.7 Å². The van der Waals surface area contributed by atoms with Gasteiger partial charge in [0.05, 0.1) is 6.04 Å². The van der Waals surface area contributed by atoms with Gasteiger partial charge in [-0.05, 0) is 24.6 Å². The largest absolute Gasteiger partial charge is 0.325 e. The number of rotatable bonds is 1. The molecule has 0 aromatic heterocycles. The highest BCUT2D eigenvalue weighted by atomic mass is 19.2. The van der Waals surface area contributed by atoms with E-state index in [4.69, 9.17) is 0 Å². The van der Waals surface area contributed by atoms with Crippen molar-refractivity contribution in [2.45, 2.75) is 19.1 Å². The monoisotopic (exact) mass is 226 g/mol. The molecule has 1 heterocycles. The third-order valence-corrected chi connectivity index (χ3v) is 2.77. The Kier molecular flexibility index (Phi) is 2.63. The van der Waals surface area contributed by atoms with Crippen molar-refractivity contribution in [1.82, 2.24) is 10.2 Å². The highest BCUT2D eigenvalue weighted by molar-refractivity contribution is 5.83. The molecule has 0 saturated carbocycles. The molecular weight excluding hydrogens is 214 g/mol. The van der Waals surface area contributed by atoms with E-state index in [9.17, 15) is 13.6 Å². The predicted octanol–water partition coefficient (Wildman–Crippen LogP) is 1.41. The van der Waals surface area contributed by atoms with Gasteiger partial charge in [-0.1, -0.05) is 6.07 Å². The van der Waals surface area contributed by atoms with E-state index in [2.05, 4.69) is 5.32 Å². The second-order valence-electron chi connectivity index (χ2n) is 3.91. The van der Waals surface area contributed by atoms with Gasteiger partial charge in [-0.15, -0.1) is 0 Å². The van der Waals surface area contributed by atoms with Crippen LogP contribution in [0.4, 0.5) is 8.78 Å². The van der Waals surface area contributed by atoms with Gasteiger partial charge in [-0.3, -0.25) is 10.1 Å². The Hall–Kier alpha value is -1.49. The van der Waals surface area contributed by atoms with Gasteiger partial charge in [-0.2, -0.15) is 0 Å². The summed E-state index contributed by atoms with van der Waals surface area (Å²) < 4.78 is 25.8. The molecule has 0 bridgehead atoms. The summed E-state index contributed by atoms with van der Waals surface area (Å²) in [6.45, 7) is 1.73. The molecule has 1 aliphatic heterocycles. The number of hydrogen-bond donors (Lipinski definition) is 1. The van der Waals surface area contributed by atoms with Crippen molar-refractivity contribution >= 4 is 5.91 Å². The molecule has 1 N–H and O–H groups in total. The molecule has 0 radical (unpaired) electrons. The van der Waals surface area contributed by atoms with Crippen molar-refractivity contribution in [2.24, 2.45) is 0 Å². The van der Waals surface area contributed by atoms with Crippen molar-refractivity contribution in [3.05, 3.63) is 35.4 Å². The number of amides is 1. The Balaban J connectivity index is 2.32. The molecule has 2 atom stereocenters. The summed E-state index contributed by atoms with van der Waals surface area (Å²) in [4.78, 5) is 13.0. The molecule has 16 heavy (non-hydrogen) atoms. The van der Waals surface area contributed by atoms with Crippen LogP contribution in [-0.2, 0) is 4.79 Å². The number of carbonyl (C=O) groups excluding carboxylic acids is 1. The number of nitrogens with one attached hydrogen (secondary N) is 1. The molecule has 1 aromatic carbocycles. The summed E-state index contributed by atoms with van der Waals surface area (Å²) in [7, 11) is 1.63. The Bertz CT molecular complexity index is 436. The number of carbonyl (C=O) groups is 1. The van der Waals surface area contributed by atoms with Gasteiger partial charge in [0.25, 0.3) is 0 Å². The molecule has 0 aliphatic carbocycles. The lowest BCUT2D eigenvalue weighted by molar-refractivity contribution is -0.128. The van der Waals surface area contributed by atoms with Gasteiger partial charge in [0.15, 0.2) is 11.6 Å². The third kappa shape index (κ3) is 1.67. The Labute approximate surface area is 92.1 Å². The van der Waals surface area contributed by atoms with Crippen LogP contribution in [0, 0.1) is 11.6 Å². The summed E-state index contributed by atoms with van der Waals surface area (Å²) in [6.07, 6.45) is -0.391. The van der Waals surface area contributed by atoms with E-state index in [1.54, 1.807) is 14.0 Å². The number of hydrogen-bond acceptors (Lipinski definition) is 2. The van der Waals surface area contributed by atoms with Crippen LogP contribution in [-0.4, -0.2) is 23.9 Å². The standard InChI is InChI=1S/C11H12F2N2O/c1-6-11(16)15(2)10(14-6)7-3-4-8(12)9(13)5-7/h3-6,10,14H,1-2H3. The molecule has 2 unspecified atom stereocenters. The van der Waals surface area contributed by atoms with Crippen LogP contribution in [0.5, 0.6) is 0 Å². The average molecular weight is 226 g/mol. The molecule has 1 amide bonds. The number of likely N-dealkylation sites (N-methyl/N-ethyl adjacent to an activating group) is 1. The molecule has 5 heteroatoms. The fourth-order valence-electron chi connectivity index (χ4n) is 1.85. The Morgan fingerprint density at radius 2 is 2.00 bits per heavy atom. The second-order valence-corrected chi connectivity index (χ2v) is 3.91. The number of benzene rings is 1. The van der Waals surface area contributed by atoms with E-state index in [-0.39, 0.29) is 11.9 Å². The molecule has 2 rings (SSSR count). The third-order valence-electron chi connectivity index (χ3n) is 2.77. The summed E-state index contributed by atoms with van der Waals surface area (Å²) in [5, 5.41) is 3.00. The maximum atomic E-state index is 13.0. The van der Waals surface area contributed by atoms with Gasteiger partial charge >= 0.3 is 0 Å². The Morgan fingerprint density at radius 1 is 1.31 bits per heavy atom. The number of nitrogens with zero attached hydrogens (tertiary/aromatic N) is 1. The fraction of sp³-hybridized carbons (Fsp3) is 0.364. The first-order chi connectivity index (χ1) is 7.50. The molecule has 1 fully saturated rings.